The third-order valence-corrected chi connectivity index (χ3v) is 3.11. The number of aromatic carboxylic acids is 1. The van der Waals surface area contributed by atoms with Crippen molar-refractivity contribution >= 4 is 54.9 Å². The van der Waals surface area contributed by atoms with Crippen LogP contribution in [0.4, 0.5) is 0 Å². The standard InChI is InChI=1S/C7H8N4O2.C7H6O3.Ca/c1-10-3-8-5-4(10)6(12)9-7(13)11(5)2;8-6-4-2-1-3-5(6)7(9)10;/h3H,1-2H3,(H,9,12,13);1-4,8H,(H,9,10);. The van der Waals surface area contributed by atoms with Crippen molar-refractivity contribution in [3.05, 3.63) is 57.0 Å². The number of carboxylic acid groups (broad SMARTS) is 1. The molecule has 2 heterocycles. The van der Waals surface area contributed by atoms with Crippen molar-refractivity contribution in [2.24, 2.45) is 14.1 Å². The predicted octanol–water partition coefficient (Wildman–Crippen LogP) is -0.330. The Balaban J connectivity index is 0.000000238. The largest absolute Gasteiger partial charge is 0.507 e. The summed E-state index contributed by atoms with van der Waals surface area (Å²) >= 11 is 0. The van der Waals surface area contributed by atoms with E-state index in [-0.39, 0.29) is 49.1 Å². The predicted molar refractivity (Wildman–Crippen MR) is 87.4 cm³/mol. The number of hydrogen-bond donors (Lipinski definition) is 3. The summed E-state index contributed by atoms with van der Waals surface area (Å²) in [7, 11) is 3.27. The quantitative estimate of drug-likeness (QED) is 0.511. The van der Waals surface area contributed by atoms with E-state index in [2.05, 4.69) is 9.97 Å². The first-order valence-corrected chi connectivity index (χ1v) is 6.44. The Morgan fingerprint density at radius 2 is 1.83 bits per heavy atom. The van der Waals surface area contributed by atoms with Gasteiger partial charge >= 0.3 is 11.7 Å². The number of aromatic amines is 1. The molecule has 3 rings (SSSR count). The van der Waals surface area contributed by atoms with Crippen LogP contribution in [0.2, 0.25) is 0 Å². The second kappa shape index (κ2) is 8.13. The van der Waals surface area contributed by atoms with E-state index in [0.717, 1.165) is 0 Å². The van der Waals surface area contributed by atoms with Crippen molar-refractivity contribution in [2.75, 3.05) is 0 Å². The fraction of sp³-hybridized carbons (Fsp3) is 0.143. The Hall–Kier alpha value is -2.10. The molecule has 0 atom stereocenters. The van der Waals surface area contributed by atoms with Crippen molar-refractivity contribution in [3.63, 3.8) is 0 Å². The molecule has 0 aliphatic heterocycles. The molecule has 3 N–H and O–H groups in total. The molecule has 0 amide bonds. The van der Waals surface area contributed by atoms with Gasteiger partial charge in [-0.2, -0.15) is 0 Å². The van der Waals surface area contributed by atoms with Gasteiger partial charge in [0.05, 0.1) is 6.33 Å². The molecule has 0 saturated heterocycles. The van der Waals surface area contributed by atoms with Gasteiger partial charge in [0, 0.05) is 51.8 Å². The van der Waals surface area contributed by atoms with Crippen molar-refractivity contribution < 1.29 is 15.0 Å². The minimum atomic E-state index is -1.11. The molecule has 24 heavy (non-hydrogen) atoms. The summed E-state index contributed by atoms with van der Waals surface area (Å²) in [5.41, 5.74) is -0.116. The molecule has 0 aliphatic carbocycles. The number of aryl methyl sites for hydroxylation is 2. The van der Waals surface area contributed by atoms with Gasteiger partial charge in [0.2, 0.25) is 0 Å². The number of para-hydroxylation sites is 1. The number of nitrogens with zero attached hydrogens (tertiary/aromatic N) is 3. The molecule has 10 heteroatoms. The van der Waals surface area contributed by atoms with Crippen LogP contribution in [0.1, 0.15) is 10.4 Å². The Labute approximate surface area is 165 Å². The van der Waals surface area contributed by atoms with Gasteiger partial charge in [-0.15, -0.1) is 0 Å². The monoisotopic (exact) mass is 358 g/mol. The molecule has 122 valence electrons. The van der Waals surface area contributed by atoms with E-state index in [1.165, 1.54) is 23.0 Å². The van der Waals surface area contributed by atoms with Crippen LogP contribution < -0.4 is 11.2 Å². The number of rotatable bonds is 1. The third-order valence-electron chi connectivity index (χ3n) is 3.11. The Bertz CT molecular complexity index is 989. The van der Waals surface area contributed by atoms with E-state index in [0.29, 0.717) is 11.2 Å². The number of aromatic hydroxyl groups is 1. The van der Waals surface area contributed by atoms with Gasteiger partial charge in [-0.05, 0) is 12.1 Å². The van der Waals surface area contributed by atoms with E-state index in [4.69, 9.17) is 10.2 Å². The van der Waals surface area contributed by atoms with Crippen molar-refractivity contribution in [1.82, 2.24) is 19.1 Å². The van der Waals surface area contributed by atoms with Gasteiger partial charge < -0.3 is 14.8 Å². The minimum Gasteiger partial charge on any atom is -0.507 e. The first-order valence-electron chi connectivity index (χ1n) is 6.44. The summed E-state index contributed by atoms with van der Waals surface area (Å²) in [4.78, 5) is 38.8. The molecule has 9 nitrogen and oxygen atoms in total. The van der Waals surface area contributed by atoms with Crippen LogP contribution in [0.3, 0.4) is 0 Å². The van der Waals surface area contributed by atoms with Crippen LogP contribution in [0.5, 0.6) is 5.75 Å². The molecule has 0 fully saturated rings. The van der Waals surface area contributed by atoms with Crippen LogP contribution in [0.15, 0.2) is 40.2 Å². The molecule has 0 aliphatic rings. The average molecular weight is 358 g/mol. The Morgan fingerprint density at radius 1 is 1.21 bits per heavy atom. The second-order valence-corrected chi connectivity index (χ2v) is 4.67. The number of imidazole rings is 1. The summed E-state index contributed by atoms with van der Waals surface area (Å²) in [5.74, 6) is -1.31. The second-order valence-electron chi connectivity index (χ2n) is 4.67. The maximum Gasteiger partial charge on any atom is 0.339 e. The molecule has 0 bridgehead atoms. The fourth-order valence-electron chi connectivity index (χ4n) is 1.92. The number of carboxylic acids is 1. The number of H-pyrrole nitrogens is 1. The number of carbonyl (C=O) groups is 1. The number of fused-ring (bicyclic) bond motifs is 1. The van der Waals surface area contributed by atoms with Crippen LogP contribution in [-0.4, -0.2) is 73.0 Å². The Kier molecular flexibility index (Phi) is 6.76. The zero-order chi connectivity index (χ0) is 17.1. The number of benzene rings is 1. The van der Waals surface area contributed by atoms with E-state index in [9.17, 15) is 14.4 Å². The molecule has 0 spiro atoms. The molecule has 2 aromatic heterocycles. The zero-order valence-electron chi connectivity index (χ0n) is 13.1. The number of hydrogen-bond acceptors (Lipinski definition) is 5. The van der Waals surface area contributed by atoms with E-state index >= 15 is 0 Å². The average Bonchev–Trinajstić information content (AvgIpc) is 2.88. The SMILES string of the molecule is Cn1cnc2c1c(=O)[nH]c(=O)n2C.O=C(O)c1ccccc1O.[Ca]. The molecule has 1 aromatic carbocycles. The van der Waals surface area contributed by atoms with Gasteiger partial charge in [-0.1, -0.05) is 12.1 Å². The molecule has 0 unspecified atom stereocenters. The van der Waals surface area contributed by atoms with Crippen LogP contribution in [-0.2, 0) is 14.1 Å². The molecular weight excluding hydrogens is 344 g/mol. The van der Waals surface area contributed by atoms with E-state index in [1.54, 1.807) is 30.8 Å². The molecule has 0 saturated carbocycles. The van der Waals surface area contributed by atoms with Gasteiger partial charge in [0.15, 0.2) is 11.2 Å². The van der Waals surface area contributed by atoms with Crippen molar-refractivity contribution in [2.45, 2.75) is 0 Å². The van der Waals surface area contributed by atoms with Gasteiger partial charge in [-0.3, -0.25) is 14.3 Å². The topological polar surface area (TPSA) is 130 Å². The van der Waals surface area contributed by atoms with Crippen LogP contribution in [0, 0.1) is 0 Å². The van der Waals surface area contributed by atoms with Crippen LogP contribution >= 0.6 is 0 Å². The normalized spacial score (nSPS) is 9.75. The summed E-state index contributed by atoms with van der Waals surface area (Å²) in [6.07, 6.45) is 1.50. The van der Waals surface area contributed by atoms with Gasteiger partial charge in [0.25, 0.3) is 5.56 Å². The molecule has 3 aromatic rings. The summed E-state index contributed by atoms with van der Waals surface area (Å²) < 4.78 is 2.88. The third kappa shape index (κ3) is 4.05. The fourth-order valence-corrected chi connectivity index (χ4v) is 1.92. The molecule has 2 radical (unpaired) electrons. The summed E-state index contributed by atoms with van der Waals surface area (Å²) in [5, 5.41) is 17.3. The van der Waals surface area contributed by atoms with Gasteiger partial charge in [0.1, 0.15) is 11.3 Å². The zero-order valence-corrected chi connectivity index (χ0v) is 15.3. The number of aromatic nitrogens is 4. The first-order chi connectivity index (χ1) is 10.8. The summed E-state index contributed by atoms with van der Waals surface area (Å²) in [6, 6.07) is 5.81. The smallest absolute Gasteiger partial charge is 0.339 e. The van der Waals surface area contributed by atoms with E-state index in [1.807, 2.05) is 0 Å². The summed E-state index contributed by atoms with van der Waals surface area (Å²) in [6.45, 7) is 0. The van der Waals surface area contributed by atoms with Crippen LogP contribution in [0.25, 0.3) is 11.2 Å². The number of phenols is 1. The minimum absolute atomic E-state index is 0. The number of nitrogens with one attached hydrogen (secondary N) is 1. The first kappa shape index (κ1) is 19.9. The molecular formula is C14H14CaN4O5. The van der Waals surface area contributed by atoms with E-state index < -0.39 is 17.2 Å². The van der Waals surface area contributed by atoms with Gasteiger partial charge in [-0.25, -0.2) is 14.6 Å². The maximum absolute atomic E-state index is 11.3. The Morgan fingerprint density at radius 3 is 2.38 bits per heavy atom. The van der Waals surface area contributed by atoms with Crippen molar-refractivity contribution in [3.8, 4) is 5.75 Å². The maximum atomic E-state index is 11.3. The van der Waals surface area contributed by atoms with Crippen molar-refractivity contribution in [1.29, 1.82) is 0 Å².